The zero-order valence-corrected chi connectivity index (χ0v) is 21.5. The van der Waals surface area contributed by atoms with E-state index in [1.54, 1.807) is 18.2 Å². The molecular weight excluding hydrogens is 542 g/mol. The minimum atomic E-state index is -4.74. The van der Waals surface area contributed by atoms with Gasteiger partial charge in [0.2, 0.25) is 10.0 Å². The van der Waals surface area contributed by atoms with E-state index in [4.69, 9.17) is 0 Å². The first-order valence-corrected chi connectivity index (χ1v) is 14.3. The minimum Gasteiger partial charge on any atom is -0.211 e. The Morgan fingerprint density at radius 3 is 2.22 bits per heavy atom. The van der Waals surface area contributed by atoms with Crippen LogP contribution in [0.15, 0.2) is 109 Å². The highest BCUT2D eigenvalue weighted by atomic mass is 32.2. The van der Waals surface area contributed by atoms with Crippen LogP contribution in [0.4, 0.5) is 17.6 Å². The molecule has 0 spiro atoms. The number of nitrogens with one attached hydrogen (secondary N) is 1. The molecule has 0 aliphatic carbocycles. The largest absolute Gasteiger partial charge is 0.416 e. The highest BCUT2D eigenvalue weighted by Crippen LogP contribution is 2.52. The average molecular weight is 562 g/mol. The van der Waals surface area contributed by atoms with Gasteiger partial charge in [0.05, 0.1) is 10.5 Å². The summed E-state index contributed by atoms with van der Waals surface area (Å²) in [7, 11) is -4.28. The first-order chi connectivity index (χ1) is 17.6. The number of alkyl halides is 3. The number of hydrogen-bond acceptors (Lipinski definition) is 4. The lowest BCUT2D eigenvalue weighted by Crippen LogP contribution is -2.26. The highest BCUT2D eigenvalue weighted by Gasteiger charge is 2.33. The van der Waals surface area contributed by atoms with Crippen molar-refractivity contribution in [3.05, 3.63) is 102 Å². The van der Waals surface area contributed by atoms with E-state index in [0.29, 0.717) is 17.2 Å². The predicted octanol–water partition coefficient (Wildman–Crippen LogP) is 7.65. The van der Waals surface area contributed by atoms with E-state index >= 15 is 0 Å². The SMILES string of the molecule is O=S(=O)(NCCc1cccc(F)c1)c1cc(-c2cccc3c2Sc2ccccc2S3)cc(C(F)(F)F)c1. The summed E-state index contributed by atoms with van der Waals surface area (Å²) in [5.41, 5.74) is 0.191. The lowest BCUT2D eigenvalue weighted by Gasteiger charge is -2.21. The molecule has 1 heterocycles. The molecule has 0 aromatic heterocycles. The van der Waals surface area contributed by atoms with Crippen LogP contribution >= 0.6 is 23.5 Å². The summed E-state index contributed by atoms with van der Waals surface area (Å²) in [6.07, 6.45) is -4.56. The molecule has 0 saturated carbocycles. The quantitative estimate of drug-likeness (QED) is 0.216. The zero-order chi connectivity index (χ0) is 26.2. The molecule has 3 nitrogen and oxygen atoms in total. The Morgan fingerprint density at radius 1 is 0.784 bits per heavy atom. The Labute approximate surface area is 220 Å². The van der Waals surface area contributed by atoms with Gasteiger partial charge >= 0.3 is 6.18 Å². The third-order valence-corrected chi connectivity index (χ3v) is 9.76. The summed E-state index contributed by atoms with van der Waals surface area (Å²) in [4.78, 5) is 3.20. The van der Waals surface area contributed by atoms with Crippen molar-refractivity contribution in [1.29, 1.82) is 0 Å². The van der Waals surface area contributed by atoms with Crippen molar-refractivity contribution in [3.63, 3.8) is 0 Å². The Hall–Kier alpha value is -2.79. The summed E-state index contributed by atoms with van der Waals surface area (Å²) in [6.45, 7) is -0.0959. The van der Waals surface area contributed by atoms with Crippen molar-refractivity contribution in [2.45, 2.75) is 37.1 Å². The average Bonchev–Trinajstić information content (AvgIpc) is 2.86. The smallest absolute Gasteiger partial charge is 0.211 e. The summed E-state index contributed by atoms with van der Waals surface area (Å²) >= 11 is 2.97. The van der Waals surface area contributed by atoms with Gasteiger partial charge in [-0.25, -0.2) is 17.5 Å². The molecule has 0 unspecified atom stereocenters. The van der Waals surface area contributed by atoms with Crippen LogP contribution in [0.25, 0.3) is 11.1 Å². The third kappa shape index (κ3) is 5.72. The van der Waals surface area contributed by atoms with Crippen LogP contribution in [0, 0.1) is 5.82 Å². The van der Waals surface area contributed by atoms with Crippen LogP contribution in [0.5, 0.6) is 0 Å². The molecule has 1 aliphatic heterocycles. The lowest BCUT2D eigenvalue weighted by atomic mass is 10.0. The number of halogens is 4. The van der Waals surface area contributed by atoms with Gasteiger partial charge in [0.25, 0.3) is 0 Å². The van der Waals surface area contributed by atoms with Crippen molar-refractivity contribution in [2.75, 3.05) is 6.54 Å². The standard InChI is InChI=1S/C27H19F4NO2S3/c28-20-6-3-5-17(13-20)11-12-32-37(33,34)21-15-18(14-19(16-21)27(29,30)31)22-7-4-10-25-26(22)36-24-9-2-1-8-23(24)35-25/h1-10,13-16,32H,11-12H2. The molecule has 0 amide bonds. The molecule has 4 aromatic carbocycles. The number of hydrogen-bond donors (Lipinski definition) is 1. The Balaban J connectivity index is 1.51. The number of rotatable bonds is 6. The topological polar surface area (TPSA) is 46.2 Å². The van der Waals surface area contributed by atoms with E-state index in [-0.39, 0.29) is 18.5 Å². The van der Waals surface area contributed by atoms with E-state index in [1.165, 1.54) is 47.8 Å². The molecule has 10 heteroatoms. The summed E-state index contributed by atoms with van der Waals surface area (Å²) in [5, 5.41) is 0. The lowest BCUT2D eigenvalue weighted by molar-refractivity contribution is -0.137. The summed E-state index contributed by atoms with van der Waals surface area (Å²) in [5.74, 6) is -0.451. The second-order valence-electron chi connectivity index (χ2n) is 8.31. The molecule has 0 bridgehead atoms. The molecule has 37 heavy (non-hydrogen) atoms. The van der Waals surface area contributed by atoms with Crippen molar-refractivity contribution in [1.82, 2.24) is 4.72 Å². The van der Waals surface area contributed by atoms with Crippen LogP contribution in [0.2, 0.25) is 0 Å². The maximum atomic E-state index is 13.8. The van der Waals surface area contributed by atoms with Gasteiger partial charge in [-0.3, -0.25) is 0 Å². The van der Waals surface area contributed by atoms with Gasteiger partial charge in [0, 0.05) is 26.1 Å². The number of fused-ring (bicyclic) bond motifs is 2. The van der Waals surface area contributed by atoms with Gasteiger partial charge < -0.3 is 0 Å². The third-order valence-electron chi connectivity index (χ3n) is 5.71. The fraction of sp³-hybridized carbons (Fsp3) is 0.111. The number of sulfonamides is 1. The Kier molecular flexibility index (Phi) is 7.10. The van der Waals surface area contributed by atoms with Gasteiger partial charge in [-0.15, -0.1) is 0 Å². The minimum absolute atomic E-state index is 0.0959. The fourth-order valence-corrected chi connectivity index (χ4v) is 7.46. The molecule has 0 atom stereocenters. The molecule has 5 rings (SSSR count). The first-order valence-electron chi connectivity index (χ1n) is 11.1. The Morgan fingerprint density at radius 2 is 1.49 bits per heavy atom. The summed E-state index contributed by atoms with van der Waals surface area (Å²) < 4.78 is 83.4. The molecule has 0 saturated heterocycles. The highest BCUT2D eigenvalue weighted by molar-refractivity contribution is 8.05. The normalized spacial score (nSPS) is 13.2. The maximum absolute atomic E-state index is 13.8. The Bertz CT molecular complexity index is 1590. The van der Waals surface area contributed by atoms with Crippen LogP contribution in [0.1, 0.15) is 11.1 Å². The molecular formula is C27H19F4NO2S3. The van der Waals surface area contributed by atoms with Crippen molar-refractivity contribution in [2.24, 2.45) is 0 Å². The van der Waals surface area contributed by atoms with E-state index in [2.05, 4.69) is 4.72 Å². The van der Waals surface area contributed by atoms with Crippen molar-refractivity contribution >= 4 is 33.5 Å². The van der Waals surface area contributed by atoms with Crippen molar-refractivity contribution < 1.29 is 26.0 Å². The van der Waals surface area contributed by atoms with Gasteiger partial charge in [0.1, 0.15) is 5.82 Å². The van der Waals surface area contributed by atoms with Gasteiger partial charge in [0.15, 0.2) is 0 Å². The predicted molar refractivity (Wildman–Crippen MR) is 137 cm³/mol. The van der Waals surface area contributed by atoms with E-state index in [9.17, 15) is 26.0 Å². The second-order valence-corrected chi connectivity index (χ2v) is 12.2. The van der Waals surface area contributed by atoms with E-state index in [1.807, 2.05) is 30.3 Å². The first kappa shape index (κ1) is 25.8. The zero-order valence-electron chi connectivity index (χ0n) is 19.1. The van der Waals surface area contributed by atoms with Crippen LogP contribution < -0.4 is 4.72 Å². The monoisotopic (exact) mass is 561 g/mol. The van der Waals surface area contributed by atoms with Crippen LogP contribution in [0.3, 0.4) is 0 Å². The molecule has 1 aliphatic rings. The molecule has 4 aromatic rings. The van der Waals surface area contributed by atoms with Gasteiger partial charge in [-0.05, 0) is 71.6 Å². The van der Waals surface area contributed by atoms with E-state index in [0.717, 1.165) is 25.6 Å². The fourth-order valence-electron chi connectivity index (χ4n) is 3.95. The van der Waals surface area contributed by atoms with Crippen LogP contribution in [-0.2, 0) is 22.6 Å². The van der Waals surface area contributed by atoms with Crippen molar-refractivity contribution in [3.8, 4) is 11.1 Å². The van der Waals surface area contributed by atoms with Gasteiger partial charge in [-0.2, -0.15) is 13.2 Å². The maximum Gasteiger partial charge on any atom is 0.416 e. The molecule has 1 N–H and O–H groups in total. The van der Waals surface area contributed by atoms with E-state index < -0.39 is 32.5 Å². The second kappa shape index (κ2) is 10.2. The van der Waals surface area contributed by atoms with Crippen LogP contribution in [-0.4, -0.2) is 15.0 Å². The van der Waals surface area contributed by atoms with Gasteiger partial charge in [-0.1, -0.05) is 59.9 Å². The number of benzene rings is 4. The molecule has 190 valence electrons. The summed E-state index contributed by atoms with van der Waals surface area (Å²) in [6, 6.07) is 21.7. The molecule has 0 fully saturated rings. The molecule has 0 radical (unpaired) electrons.